The largest absolute Gasteiger partial charge is 0.444 e. The third-order valence-corrected chi connectivity index (χ3v) is 4.87. The first-order valence-corrected chi connectivity index (χ1v) is 9.46. The second kappa shape index (κ2) is 8.34. The molecule has 1 heterocycles. The highest BCUT2D eigenvalue weighted by Crippen LogP contribution is 2.27. The van der Waals surface area contributed by atoms with Crippen LogP contribution in [0.2, 0.25) is 0 Å². The highest BCUT2D eigenvalue weighted by molar-refractivity contribution is 9.10. The summed E-state index contributed by atoms with van der Waals surface area (Å²) in [5.41, 5.74) is -0.475. The number of amides is 1. The van der Waals surface area contributed by atoms with Crippen molar-refractivity contribution < 1.29 is 13.9 Å². The highest BCUT2D eigenvalue weighted by Gasteiger charge is 2.25. The Bertz CT molecular complexity index is 598. The van der Waals surface area contributed by atoms with Crippen molar-refractivity contribution in [1.82, 2.24) is 10.3 Å². The van der Waals surface area contributed by atoms with Crippen LogP contribution in [-0.2, 0) is 4.74 Å². The highest BCUT2D eigenvalue weighted by atomic mass is 79.9. The minimum Gasteiger partial charge on any atom is -0.444 e. The molecule has 1 aliphatic carbocycles. The molecule has 0 aromatic carbocycles. The average Bonchev–Trinajstić information content (AvgIpc) is 2.50. The summed E-state index contributed by atoms with van der Waals surface area (Å²) in [4.78, 5) is 17.8. The quantitative estimate of drug-likeness (QED) is 0.735. The van der Waals surface area contributed by atoms with Crippen LogP contribution in [0, 0.1) is 11.9 Å². The van der Waals surface area contributed by atoms with Crippen LogP contribution in [0.4, 0.5) is 15.0 Å². The Morgan fingerprint density at radius 1 is 1.36 bits per heavy atom. The molecule has 140 valence electrons. The van der Waals surface area contributed by atoms with Gasteiger partial charge >= 0.3 is 6.09 Å². The number of alkyl carbamates (subject to hydrolysis) is 1. The smallest absolute Gasteiger partial charge is 0.407 e. The maximum Gasteiger partial charge on any atom is 0.407 e. The Labute approximate surface area is 157 Å². The number of anilines is 1. The van der Waals surface area contributed by atoms with Crippen molar-refractivity contribution in [1.29, 1.82) is 0 Å². The molecule has 0 bridgehead atoms. The van der Waals surface area contributed by atoms with Crippen molar-refractivity contribution in [3.05, 3.63) is 22.6 Å². The Morgan fingerprint density at radius 2 is 2.00 bits per heavy atom. The Balaban J connectivity index is 1.78. The van der Waals surface area contributed by atoms with Crippen molar-refractivity contribution in [2.45, 2.75) is 58.1 Å². The van der Waals surface area contributed by atoms with Gasteiger partial charge in [-0.1, -0.05) is 0 Å². The van der Waals surface area contributed by atoms with E-state index in [0.29, 0.717) is 16.2 Å². The second-order valence-electron chi connectivity index (χ2n) is 7.69. The van der Waals surface area contributed by atoms with E-state index in [9.17, 15) is 9.18 Å². The van der Waals surface area contributed by atoms with Crippen LogP contribution in [0.3, 0.4) is 0 Å². The SMILES string of the molecule is CN(C[C@H]1CC[C@H](NC(=O)OC(C)(C)C)CC1)c1ccc(Br)c(F)n1. The molecule has 0 aliphatic heterocycles. The summed E-state index contributed by atoms with van der Waals surface area (Å²) < 4.78 is 19.2. The van der Waals surface area contributed by atoms with Gasteiger partial charge in [0.1, 0.15) is 11.4 Å². The molecule has 0 unspecified atom stereocenters. The fraction of sp³-hybridized carbons (Fsp3) is 0.667. The Morgan fingerprint density at radius 3 is 2.56 bits per heavy atom. The van der Waals surface area contributed by atoms with Gasteiger partial charge in [-0.25, -0.2) is 9.78 Å². The maximum absolute atomic E-state index is 13.6. The lowest BCUT2D eigenvalue weighted by Crippen LogP contribution is -2.42. The summed E-state index contributed by atoms with van der Waals surface area (Å²) in [5.74, 6) is 0.652. The molecule has 1 saturated carbocycles. The van der Waals surface area contributed by atoms with Gasteiger partial charge in [0.25, 0.3) is 0 Å². The lowest BCUT2D eigenvalue weighted by Gasteiger charge is -2.32. The number of aromatic nitrogens is 1. The molecule has 0 atom stereocenters. The van der Waals surface area contributed by atoms with Gasteiger partial charge in [-0.05, 0) is 80.4 Å². The monoisotopic (exact) mass is 415 g/mol. The van der Waals surface area contributed by atoms with E-state index in [1.165, 1.54) is 0 Å². The van der Waals surface area contributed by atoms with Crippen LogP contribution < -0.4 is 10.2 Å². The van der Waals surface area contributed by atoms with Crippen LogP contribution >= 0.6 is 15.9 Å². The summed E-state index contributed by atoms with van der Waals surface area (Å²) in [6, 6.07) is 3.65. The number of nitrogens with one attached hydrogen (secondary N) is 1. The van der Waals surface area contributed by atoms with E-state index in [1.807, 2.05) is 38.8 Å². The lowest BCUT2D eigenvalue weighted by atomic mass is 9.86. The number of hydrogen-bond donors (Lipinski definition) is 1. The molecule has 1 aromatic heterocycles. The zero-order valence-electron chi connectivity index (χ0n) is 15.3. The molecule has 1 aromatic rings. The molecular formula is C18H27BrFN3O2. The van der Waals surface area contributed by atoms with Gasteiger partial charge in [-0.3, -0.25) is 0 Å². The normalized spacial score (nSPS) is 20.9. The van der Waals surface area contributed by atoms with E-state index >= 15 is 0 Å². The first-order chi connectivity index (χ1) is 11.6. The number of hydrogen-bond acceptors (Lipinski definition) is 4. The van der Waals surface area contributed by atoms with Crippen molar-refractivity contribution in [2.24, 2.45) is 5.92 Å². The van der Waals surface area contributed by atoms with Gasteiger partial charge in [0.2, 0.25) is 5.95 Å². The topological polar surface area (TPSA) is 54.5 Å². The third-order valence-electron chi connectivity index (χ3n) is 4.28. The summed E-state index contributed by atoms with van der Waals surface area (Å²) in [5, 5.41) is 2.95. The molecular weight excluding hydrogens is 389 g/mol. The molecule has 7 heteroatoms. The van der Waals surface area contributed by atoms with Crippen LogP contribution in [-0.4, -0.2) is 36.3 Å². The molecule has 1 amide bonds. The minimum absolute atomic E-state index is 0.166. The van der Waals surface area contributed by atoms with Crippen LogP contribution in [0.1, 0.15) is 46.5 Å². The van der Waals surface area contributed by atoms with Crippen molar-refractivity contribution in [3.8, 4) is 0 Å². The minimum atomic E-state index is -0.491. The number of carbonyl (C=O) groups is 1. The fourth-order valence-corrected chi connectivity index (χ4v) is 3.29. The second-order valence-corrected chi connectivity index (χ2v) is 8.54. The summed E-state index contributed by atoms with van der Waals surface area (Å²) >= 11 is 3.12. The van der Waals surface area contributed by atoms with Crippen molar-refractivity contribution in [2.75, 3.05) is 18.5 Å². The van der Waals surface area contributed by atoms with E-state index in [0.717, 1.165) is 32.2 Å². The predicted molar refractivity (Wildman–Crippen MR) is 100 cm³/mol. The van der Waals surface area contributed by atoms with E-state index < -0.39 is 11.5 Å². The van der Waals surface area contributed by atoms with E-state index in [2.05, 4.69) is 26.2 Å². The Kier molecular flexibility index (Phi) is 6.65. The molecule has 1 N–H and O–H groups in total. The molecule has 1 fully saturated rings. The molecule has 5 nitrogen and oxygen atoms in total. The maximum atomic E-state index is 13.6. The van der Waals surface area contributed by atoms with Crippen molar-refractivity contribution >= 4 is 27.8 Å². The molecule has 25 heavy (non-hydrogen) atoms. The first-order valence-electron chi connectivity index (χ1n) is 8.67. The Hall–Kier alpha value is -1.37. The summed E-state index contributed by atoms with van der Waals surface area (Å²) in [6.45, 7) is 6.40. The molecule has 0 spiro atoms. The van der Waals surface area contributed by atoms with E-state index in [1.54, 1.807) is 6.07 Å². The summed E-state index contributed by atoms with van der Waals surface area (Å²) in [6.07, 6.45) is 3.55. The van der Waals surface area contributed by atoms with Gasteiger partial charge in [0.15, 0.2) is 0 Å². The standard InChI is InChI=1S/C18H27BrFN3O2/c1-18(2,3)25-17(24)21-13-7-5-12(6-8-13)11-23(4)15-10-9-14(19)16(20)22-15/h9-10,12-13H,5-8,11H2,1-4H3,(H,21,24)/t12-,13-. The molecule has 0 saturated heterocycles. The van der Waals surface area contributed by atoms with Crippen LogP contribution in [0.5, 0.6) is 0 Å². The molecule has 2 rings (SSSR count). The predicted octanol–water partition coefficient (Wildman–Crippen LogP) is 4.50. The number of halogens is 2. The zero-order chi connectivity index (χ0) is 18.6. The van der Waals surface area contributed by atoms with E-state index in [-0.39, 0.29) is 12.1 Å². The van der Waals surface area contributed by atoms with Gasteiger partial charge in [0.05, 0.1) is 4.47 Å². The van der Waals surface area contributed by atoms with Gasteiger partial charge < -0.3 is 15.0 Å². The number of nitrogens with zero attached hydrogens (tertiary/aromatic N) is 2. The van der Waals surface area contributed by atoms with Crippen molar-refractivity contribution in [3.63, 3.8) is 0 Å². The fourth-order valence-electron chi connectivity index (χ4n) is 3.06. The third kappa shape index (κ3) is 6.45. The number of carbonyl (C=O) groups excluding carboxylic acids is 1. The van der Waals surface area contributed by atoms with Crippen LogP contribution in [0.15, 0.2) is 16.6 Å². The van der Waals surface area contributed by atoms with Gasteiger partial charge in [-0.2, -0.15) is 4.39 Å². The van der Waals surface area contributed by atoms with Gasteiger partial charge in [-0.15, -0.1) is 0 Å². The lowest BCUT2D eigenvalue weighted by molar-refractivity contribution is 0.0488. The number of rotatable bonds is 4. The zero-order valence-corrected chi connectivity index (χ0v) is 16.9. The average molecular weight is 416 g/mol. The van der Waals surface area contributed by atoms with Crippen LogP contribution in [0.25, 0.3) is 0 Å². The number of ether oxygens (including phenoxy) is 1. The number of pyridine rings is 1. The van der Waals surface area contributed by atoms with E-state index in [4.69, 9.17) is 4.74 Å². The molecule has 0 radical (unpaired) electrons. The first kappa shape index (κ1) is 19.9. The summed E-state index contributed by atoms with van der Waals surface area (Å²) in [7, 11) is 1.93. The molecule has 1 aliphatic rings. The van der Waals surface area contributed by atoms with Gasteiger partial charge in [0, 0.05) is 19.6 Å².